The molecule has 0 heterocycles. The minimum absolute atomic E-state index is 0.353. The normalized spacial score (nSPS) is 10.7. The van der Waals surface area contributed by atoms with Gasteiger partial charge in [-0.05, 0) is 43.2 Å². The Balaban J connectivity index is 2.02. The zero-order chi connectivity index (χ0) is 15.7. The van der Waals surface area contributed by atoms with Gasteiger partial charge in [0.05, 0.1) is 5.56 Å². The summed E-state index contributed by atoms with van der Waals surface area (Å²) in [5.74, 6) is 0.166. The van der Waals surface area contributed by atoms with E-state index in [1.54, 1.807) is 18.2 Å². The third-order valence-corrected chi connectivity index (χ3v) is 4.19. The molecule has 0 N–H and O–H groups in total. The lowest BCUT2D eigenvalue weighted by Crippen LogP contribution is -2.11. The van der Waals surface area contributed by atoms with Crippen molar-refractivity contribution in [3.05, 3.63) is 76.3 Å². The first-order chi connectivity index (χ1) is 10.6. The van der Waals surface area contributed by atoms with E-state index in [1.165, 1.54) is 0 Å². The monoisotopic (exact) mass is 310 g/mol. The maximum Gasteiger partial charge on any atom is 0.343 e. The van der Waals surface area contributed by atoms with E-state index < -0.39 is 0 Å². The lowest BCUT2D eigenvalue weighted by molar-refractivity contribution is 0.0736. The average molecular weight is 311 g/mol. The summed E-state index contributed by atoms with van der Waals surface area (Å²) in [5, 5.41) is 2.34. The van der Waals surface area contributed by atoms with Crippen LogP contribution in [0.3, 0.4) is 0 Å². The predicted molar refractivity (Wildman–Crippen MR) is 89.8 cm³/mol. The van der Waals surface area contributed by atoms with Crippen molar-refractivity contribution in [1.29, 1.82) is 0 Å². The molecule has 0 unspecified atom stereocenters. The number of rotatable bonds is 2. The molecule has 0 aromatic heterocycles. The van der Waals surface area contributed by atoms with Crippen LogP contribution in [0.5, 0.6) is 5.75 Å². The van der Waals surface area contributed by atoms with Gasteiger partial charge >= 0.3 is 5.97 Å². The first-order valence-electron chi connectivity index (χ1n) is 7.03. The van der Waals surface area contributed by atoms with Crippen molar-refractivity contribution in [3.8, 4) is 5.75 Å². The van der Waals surface area contributed by atoms with Gasteiger partial charge in [0.1, 0.15) is 5.75 Å². The summed E-state index contributed by atoms with van der Waals surface area (Å²) in [6.07, 6.45) is 0. The van der Waals surface area contributed by atoms with E-state index in [0.717, 1.165) is 21.9 Å². The van der Waals surface area contributed by atoms with Crippen LogP contribution in [0.15, 0.2) is 54.6 Å². The second kappa shape index (κ2) is 5.82. The number of esters is 1. The quantitative estimate of drug-likeness (QED) is 0.472. The number of aryl methyl sites for hydroxylation is 1. The number of hydrogen-bond donors (Lipinski definition) is 0. The molecule has 22 heavy (non-hydrogen) atoms. The standard InChI is InChI=1S/C19H15ClO2/c1-12-6-5-9-14(13(12)2)19(21)22-18-11-10-17(20)15-7-3-4-8-16(15)18/h3-11H,1-2H3. The Morgan fingerprint density at radius 2 is 1.64 bits per heavy atom. The van der Waals surface area contributed by atoms with Crippen LogP contribution in [0.2, 0.25) is 5.02 Å². The summed E-state index contributed by atoms with van der Waals surface area (Å²) in [6, 6.07) is 16.7. The van der Waals surface area contributed by atoms with Gasteiger partial charge in [0.2, 0.25) is 0 Å². The molecule has 0 amide bonds. The van der Waals surface area contributed by atoms with Crippen molar-refractivity contribution in [3.63, 3.8) is 0 Å². The highest BCUT2D eigenvalue weighted by Gasteiger charge is 2.14. The molecule has 0 spiro atoms. The van der Waals surface area contributed by atoms with E-state index in [4.69, 9.17) is 16.3 Å². The molecule has 0 aliphatic rings. The molecule has 0 fully saturated rings. The first kappa shape index (κ1) is 14.6. The maximum absolute atomic E-state index is 12.5. The molecule has 110 valence electrons. The van der Waals surface area contributed by atoms with Crippen LogP contribution in [-0.2, 0) is 0 Å². The van der Waals surface area contributed by atoms with Gasteiger partial charge in [-0.2, -0.15) is 0 Å². The highest BCUT2D eigenvalue weighted by Crippen LogP contribution is 2.31. The van der Waals surface area contributed by atoms with E-state index in [-0.39, 0.29) is 5.97 Å². The Kier molecular flexibility index (Phi) is 3.86. The van der Waals surface area contributed by atoms with Crippen molar-refractivity contribution in [2.75, 3.05) is 0 Å². The van der Waals surface area contributed by atoms with Gasteiger partial charge < -0.3 is 4.74 Å². The Morgan fingerprint density at radius 3 is 2.41 bits per heavy atom. The fourth-order valence-electron chi connectivity index (χ4n) is 2.45. The number of benzene rings is 3. The number of carbonyl (C=O) groups excluding carboxylic acids is 1. The molecular weight excluding hydrogens is 296 g/mol. The van der Waals surface area contributed by atoms with Crippen molar-refractivity contribution in [2.24, 2.45) is 0 Å². The second-order valence-corrected chi connectivity index (χ2v) is 5.64. The Bertz CT molecular complexity index is 868. The summed E-state index contributed by atoms with van der Waals surface area (Å²) in [5.41, 5.74) is 2.58. The van der Waals surface area contributed by atoms with Gasteiger partial charge in [-0.25, -0.2) is 4.79 Å². The van der Waals surface area contributed by atoms with Crippen LogP contribution >= 0.6 is 11.6 Å². The molecule has 0 aliphatic heterocycles. The molecule has 3 aromatic rings. The Morgan fingerprint density at radius 1 is 0.909 bits per heavy atom. The molecule has 0 bridgehead atoms. The van der Waals surface area contributed by atoms with E-state index >= 15 is 0 Å². The molecule has 0 radical (unpaired) electrons. The smallest absolute Gasteiger partial charge is 0.343 e. The van der Waals surface area contributed by atoms with Crippen molar-refractivity contribution >= 4 is 28.3 Å². The van der Waals surface area contributed by atoms with Gasteiger partial charge in [-0.1, -0.05) is 48.0 Å². The molecular formula is C19H15ClO2. The maximum atomic E-state index is 12.5. The molecule has 3 heteroatoms. The Labute approximate surface area is 134 Å². The summed E-state index contributed by atoms with van der Waals surface area (Å²) < 4.78 is 5.61. The predicted octanol–water partition coefficient (Wildman–Crippen LogP) is 5.33. The number of hydrogen-bond acceptors (Lipinski definition) is 2. The second-order valence-electron chi connectivity index (χ2n) is 5.23. The zero-order valence-corrected chi connectivity index (χ0v) is 13.1. The molecule has 0 saturated carbocycles. The third-order valence-electron chi connectivity index (χ3n) is 3.86. The summed E-state index contributed by atoms with van der Waals surface area (Å²) in [7, 11) is 0. The van der Waals surface area contributed by atoms with Crippen molar-refractivity contribution in [2.45, 2.75) is 13.8 Å². The lowest BCUT2D eigenvalue weighted by Gasteiger charge is -2.11. The molecule has 3 rings (SSSR count). The third kappa shape index (κ3) is 2.58. The Hall–Kier alpha value is -2.32. The zero-order valence-electron chi connectivity index (χ0n) is 12.4. The van der Waals surface area contributed by atoms with Crippen LogP contribution < -0.4 is 4.74 Å². The number of carbonyl (C=O) groups is 1. The first-order valence-corrected chi connectivity index (χ1v) is 7.41. The topological polar surface area (TPSA) is 26.3 Å². The minimum Gasteiger partial charge on any atom is -0.422 e. The van der Waals surface area contributed by atoms with Gasteiger partial charge in [-0.15, -0.1) is 0 Å². The van der Waals surface area contributed by atoms with E-state index in [1.807, 2.05) is 50.2 Å². The van der Waals surface area contributed by atoms with Gasteiger partial charge in [0.15, 0.2) is 0 Å². The number of ether oxygens (including phenoxy) is 1. The lowest BCUT2D eigenvalue weighted by atomic mass is 10.0. The SMILES string of the molecule is Cc1cccc(C(=O)Oc2ccc(Cl)c3ccccc23)c1C. The minimum atomic E-state index is -0.353. The van der Waals surface area contributed by atoms with Crippen LogP contribution in [0.1, 0.15) is 21.5 Å². The van der Waals surface area contributed by atoms with E-state index in [0.29, 0.717) is 16.3 Å². The molecule has 0 atom stereocenters. The van der Waals surface area contributed by atoms with Crippen molar-refractivity contribution in [1.82, 2.24) is 0 Å². The molecule has 0 aliphatic carbocycles. The summed E-state index contributed by atoms with van der Waals surface area (Å²) in [4.78, 5) is 12.5. The fraction of sp³-hybridized carbons (Fsp3) is 0.105. The summed E-state index contributed by atoms with van der Waals surface area (Å²) in [6.45, 7) is 3.90. The van der Waals surface area contributed by atoms with Gasteiger partial charge in [0, 0.05) is 15.8 Å². The molecule has 0 saturated heterocycles. The van der Waals surface area contributed by atoms with Crippen LogP contribution in [0.4, 0.5) is 0 Å². The van der Waals surface area contributed by atoms with Gasteiger partial charge in [0.25, 0.3) is 0 Å². The fourth-order valence-corrected chi connectivity index (χ4v) is 2.68. The van der Waals surface area contributed by atoms with E-state index in [9.17, 15) is 4.79 Å². The number of fused-ring (bicyclic) bond motifs is 1. The van der Waals surface area contributed by atoms with Gasteiger partial charge in [-0.3, -0.25) is 0 Å². The highest BCUT2D eigenvalue weighted by molar-refractivity contribution is 6.35. The molecule has 3 aromatic carbocycles. The van der Waals surface area contributed by atoms with Crippen LogP contribution in [0.25, 0.3) is 10.8 Å². The molecule has 2 nitrogen and oxygen atoms in total. The highest BCUT2D eigenvalue weighted by atomic mass is 35.5. The number of halogens is 1. The van der Waals surface area contributed by atoms with E-state index in [2.05, 4.69) is 0 Å². The van der Waals surface area contributed by atoms with Crippen molar-refractivity contribution < 1.29 is 9.53 Å². The largest absolute Gasteiger partial charge is 0.422 e. The average Bonchev–Trinajstić information content (AvgIpc) is 2.53. The van der Waals surface area contributed by atoms with Crippen LogP contribution in [-0.4, -0.2) is 5.97 Å². The van der Waals surface area contributed by atoms with Crippen LogP contribution in [0, 0.1) is 13.8 Å². The summed E-state index contributed by atoms with van der Waals surface area (Å²) >= 11 is 6.19.